The maximum absolute atomic E-state index is 12.0. The van der Waals surface area contributed by atoms with Crippen LogP contribution < -0.4 is 0 Å². The molecular weight excluding hydrogens is 367 g/mol. The van der Waals surface area contributed by atoms with Gasteiger partial charge in [0, 0.05) is 12.8 Å². The molecule has 3 fully saturated rings. The zero-order valence-corrected chi connectivity index (χ0v) is 19.1. The highest BCUT2D eigenvalue weighted by Crippen LogP contribution is 2.66. The van der Waals surface area contributed by atoms with Gasteiger partial charge in [-0.15, -0.1) is 9.24 Å². The van der Waals surface area contributed by atoms with Crippen molar-refractivity contribution >= 4 is 15.0 Å². The summed E-state index contributed by atoms with van der Waals surface area (Å²) in [6, 6.07) is 0. The molecule has 8 unspecified atom stereocenters. The summed E-state index contributed by atoms with van der Waals surface area (Å²) in [6.07, 6.45) is 20.5. The van der Waals surface area contributed by atoms with Gasteiger partial charge < -0.3 is 0 Å². The first-order valence-corrected chi connectivity index (χ1v) is 11.9. The number of carbonyl (C=O) groups excluding carboxylic acids is 1. The van der Waals surface area contributed by atoms with Crippen LogP contribution in [0.15, 0.2) is 24.3 Å². The zero-order valence-electron chi connectivity index (χ0n) is 17.9. The lowest BCUT2D eigenvalue weighted by Gasteiger charge is -2.58. The van der Waals surface area contributed by atoms with Crippen molar-refractivity contribution < 1.29 is 14.9 Å². The van der Waals surface area contributed by atoms with Crippen LogP contribution in [0.2, 0.25) is 0 Å². The number of Topliss-reactive ketones (excluding diaryl/α,β-unsaturated/α-hetero) is 1. The van der Waals surface area contributed by atoms with Gasteiger partial charge in [0.1, 0.15) is 5.78 Å². The van der Waals surface area contributed by atoms with E-state index < -0.39 is 0 Å². The smallest absolute Gasteiger partial charge is 0.133 e. The zero-order chi connectivity index (χ0) is 20.4. The van der Waals surface area contributed by atoms with E-state index in [0.717, 1.165) is 49.1 Å². The molecule has 4 rings (SSSR count). The fourth-order valence-corrected chi connectivity index (χ4v) is 7.46. The number of allylic oxidation sites excluding steroid dienone is 4. The second kappa shape index (κ2) is 9.11. The van der Waals surface area contributed by atoms with Gasteiger partial charge in [0.25, 0.3) is 0 Å². The molecule has 0 amide bonds. The van der Waals surface area contributed by atoms with E-state index in [1.54, 1.807) is 0 Å². The summed E-state index contributed by atoms with van der Waals surface area (Å²) >= 11 is 0. The predicted molar refractivity (Wildman–Crippen MR) is 118 cm³/mol. The highest BCUT2D eigenvalue weighted by Gasteiger charge is 2.58. The first kappa shape index (κ1) is 22.2. The molecule has 4 heteroatoms. The number of ketones is 1. The van der Waals surface area contributed by atoms with Crippen molar-refractivity contribution in [1.82, 2.24) is 0 Å². The Kier molecular flexibility index (Phi) is 7.22. The Bertz CT molecular complexity index is 615. The Morgan fingerprint density at radius 1 is 1.14 bits per heavy atom. The lowest BCUT2D eigenvalue weighted by atomic mass is 9.46. The molecule has 4 aliphatic carbocycles. The van der Waals surface area contributed by atoms with Crippen molar-refractivity contribution in [2.24, 2.45) is 40.4 Å². The molecule has 0 aromatic rings. The van der Waals surface area contributed by atoms with Gasteiger partial charge in [0.05, 0.1) is 7.11 Å². The third-order valence-electron chi connectivity index (χ3n) is 8.90. The van der Waals surface area contributed by atoms with E-state index in [9.17, 15) is 4.79 Å². The first-order chi connectivity index (χ1) is 13.4. The van der Waals surface area contributed by atoms with Crippen LogP contribution in [-0.4, -0.2) is 24.3 Å². The largest absolute Gasteiger partial charge is 0.300 e. The molecule has 0 bridgehead atoms. The summed E-state index contributed by atoms with van der Waals surface area (Å²) in [4.78, 5) is 15.2. The van der Waals surface area contributed by atoms with E-state index >= 15 is 0 Å². The molecule has 3 nitrogen and oxygen atoms in total. The van der Waals surface area contributed by atoms with Gasteiger partial charge >= 0.3 is 0 Å². The fourth-order valence-electron chi connectivity index (χ4n) is 7.27. The standard InChI is InChI=1S/C23H35OP.CH4O2/c1-22-13-11-21-19(20(22)9-7-16(22)5-3-4-14-25)8-6-17-15-18(24)10-12-23(17,21)2;1-3-2/h3-4,6,8,16-17,19-21H,5,7,9-15,25H2,1-2H3;2H,1H3/b4-3+;. The molecule has 28 heavy (non-hydrogen) atoms. The second-order valence-electron chi connectivity index (χ2n) is 9.97. The van der Waals surface area contributed by atoms with Crippen molar-refractivity contribution in [3.8, 4) is 0 Å². The van der Waals surface area contributed by atoms with Gasteiger partial charge in [-0.2, -0.15) is 0 Å². The van der Waals surface area contributed by atoms with E-state index in [1.165, 1.54) is 39.2 Å². The van der Waals surface area contributed by atoms with Crippen molar-refractivity contribution in [3.63, 3.8) is 0 Å². The van der Waals surface area contributed by atoms with Crippen molar-refractivity contribution in [1.29, 1.82) is 0 Å². The van der Waals surface area contributed by atoms with Gasteiger partial charge in [-0.1, -0.05) is 38.2 Å². The Labute approximate surface area is 173 Å². The predicted octanol–water partition coefficient (Wildman–Crippen LogP) is 5.92. The van der Waals surface area contributed by atoms with E-state index in [2.05, 4.69) is 52.3 Å². The topological polar surface area (TPSA) is 46.5 Å². The average Bonchev–Trinajstić information content (AvgIpc) is 3.00. The number of rotatable bonds is 3. The number of hydrogen-bond donors (Lipinski definition) is 1. The monoisotopic (exact) mass is 406 g/mol. The Morgan fingerprint density at radius 3 is 2.57 bits per heavy atom. The van der Waals surface area contributed by atoms with Gasteiger partial charge in [0.15, 0.2) is 0 Å². The molecule has 4 aliphatic rings. The molecule has 0 radical (unpaired) electrons. The molecule has 3 saturated carbocycles. The molecule has 0 aromatic heterocycles. The van der Waals surface area contributed by atoms with Crippen LogP contribution >= 0.6 is 9.24 Å². The molecule has 0 spiro atoms. The van der Waals surface area contributed by atoms with Crippen molar-refractivity contribution in [3.05, 3.63) is 24.3 Å². The third kappa shape index (κ3) is 3.92. The van der Waals surface area contributed by atoms with Crippen LogP contribution in [0.1, 0.15) is 65.2 Å². The van der Waals surface area contributed by atoms with Crippen LogP contribution in [0.25, 0.3) is 0 Å². The van der Waals surface area contributed by atoms with E-state index in [0.29, 0.717) is 22.5 Å². The Morgan fingerprint density at radius 2 is 1.86 bits per heavy atom. The Hall–Kier alpha value is -0.500. The van der Waals surface area contributed by atoms with Crippen molar-refractivity contribution in [2.45, 2.75) is 65.2 Å². The number of carbonyl (C=O) groups is 1. The molecule has 0 saturated heterocycles. The number of fused-ring (bicyclic) bond motifs is 5. The lowest BCUT2D eigenvalue weighted by molar-refractivity contribution is -0.214. The summed E-state index contributed by atoms with van der Waals surface area (Å²) in [5.41, 5.74) is 0.913. The van der Waals surface area contributed by atoms with Gasteiger partial charge in [0.2, 0.25) is 0 Å². The second-order valence-corrected chi connectivity index (χ2v) is 10.4. The average molecular weight is 407 g/mol. The molecule has 1 N–H and O–H groups in total. The third-order valence-corrected chi connectivity index (χ3v) is 9.17. The first-order valence-electron chi connectivity index (χ1n) is 11.1. The minimum atomic E-state index is 0.381. The molecule has 0 aliphatic heterocycles. The fraction of sp³-hybridized carbons (Fsp3) is 0.792. The van der Waals surface area contributed by atoms with Crippen LogP contribution in [0, 0.1) is 40.4 Å². The maximum Gasteiger partial charge on any atom is 0.133 e. The molecular formula is C24H39O3P. The van der Waals surface area contributed by atoms with Crippen LogP contribution in [0.5, 0.6) is 0 Å². The quantitative estimate of drug-likeness (QED) is 0.274. The molecule has 0 aromatic carbocycles. The molecule has 0 heterocycles. The van der Waals surface area contributed by atoms with Crippen LogP contribution in [-0.2, 0) is 9.68 Å². The van der Waals surface area contributed by atoms with Crippen molar-refractivity contribution in [2.75, 3.05) is 13.3 Å². The number of hydrogen-bond acceptors (Lipinski definition) is 3. The van der Waals surface area contributed by atoms with Gasteiger partial charge in [-0.05, 0) is 85.1 Å². The van der Waals surface area contributed by atoms with Crippen LogP contribution in [0.3, 0.4) is 0 Å². The summed E-state index contributed by atoms with van der Waals surface area (Å²) in [6.45, 7) is 5.12. The summed E-state index contributed by atoms with van der Waals surface area (Å²) < 4.78 is 0. The van der Waals surface area contributed by atoms with E-state index in [4.69, 9.17) is 5.26 Å². The lowest BCUT2D eigenvalue weighted by Crippen LogP contribution is -2.51. The summed E-state index contributed by atoms with van der Waals surface area (Å²) in [5, 5.41) is 7.07. The highest BCUT2D eigenvalue weighted by atomic mass is 31.0. The normalized spacial score (nSPS) is 44.5. The van der Waals surface area contributed by atoms with E-state index in [-0.39, 0.29) is 0 Å². The summed E-state index contributed by atoms with van der Waals surface area (Å²) in [7, 11) is 3.98. The maximum atomic E-state index is 12.0. The SMILES string of the molecule is CC12CCC(=O)CC1C=CC1C2CCC2(C)C(C/C=C/CP)CCC12.COO. The summed E-state index contributed by atoms with van der Waals surface area (Å²) in [5.74, 6) is 4.33. The molecule has 158 valence electrons. The van der Waals surface area contributed by atoms with Gasteiger partial charge in [-0.3, -0.25) is 10.1 Å². The van der Waals surface area contributed by atoms with E-state index in [1.807, 2.05) is 0 Å². The molecule has 8 atom stereocenters. The minimum Gasteiger partial charge on any atom is -0.300 e. The minimum absolute atomic E-state index is 0.381. The highest BCUT2D eigenvalue weighted by molar-refractivity contribution is 7.16. The Balaban J connectivity index is 0.000000706. The van der Waals surface area contributed by atoms with Crippen LogP contribution in [0.4, 0.5) is 0 Å². The van der Waals surface area contributed by atoms with Gasteiger partial charge in [-0.25, -0.2) is 4.89 Å².